The van der Waals surface area contributed by atoms with Crippen molar-refractivity contribution in [2.45, 2.75) is 20.8 Å². The molecule has 2 N–H and O–H groups in total. The SMILES string of the molecule is CC.Cc1cc2ccc(N)cc2o1. The summed E-state index contributed by atoms with van der Waals surface area (Å²) in [7, 11) is 0. The van der Waals surface area contributed by atoms with Crippen molar-refractivity contribution in [3.8, 4) is 0 Å². The van der Waals surface area contributed by atoms with E-state index in [1.54, 1.807) is 0 Å². The van der Waals surface area contributed by atoms with Gasteiger partial charge in [-0.3, -0.25) is 0 Å². The normalized spacial score (nSPS) is 9.46. The van der Waals surface area contributed by atoms with E-state index in [1.165, 1.54) is 0 Å². The van der Waals surface area contributed by atoms with Gasteiger partial charge in [-0.15, -0.1) is 0 Å². The maximum atomic E-state index is 5.57. The van der Waals surface area contributed by atoms with Crippen LogP contribution in [-0.4, -0.2) is 0 Å². The molecule has 2 aromatic rings. The Morgan fingerprint density at radius 2 is 1.85 bits per heavy atom. The van der Waals surface area contributed by atoms with Crippen LogP contribution in [0.5, 0.6) is 0 Å². The predicted octanol–water partition coefficient (Wildman–Crippen LogP) is 3.35. The zero-order valence-corrected chi connectivity index (χ0v) is 8.29. The van der Waals surface area contributed by atoms with Gasteiger partial charge in [-0.05, 0) is 25.1 Å². The van der Waals surface area contributed by atoms with Crippen LogP contribution in [0.25, 0.3) is 11.0 Å². The fourth-order valence-corrected chi connectivity index (χ4v) is 1.18. The Labute approximate surface area is 78.3 Å². The first-order chi connectivity index (χ1) is 6.25. The molecule has 70 valence electrons. The number of nitrogen functional groups attached to an aromatic ring is 1. The number of aryl methyl sites for hydroxylation is 1. The van der Waals surface area contributed by atoms with Gasteiger partial charge in [0, 0.05) is 17.1 Å². The Morgan fingerprint density at radius 3 is 2.54 bits per heavy atom. The Kier molecular flexibility index (Phi) is 2.96. The van der Waals surface area contributed by atoms with Crippen LogP contribution < -0.4 is 5.73 Å². The third-order valence-electron chi connectivity index (χ3n) is 1.67. The van der Waals surface area contributed by atoms with Crippen molar-refractivity contribution in [1.29, 1.82) is 0 Å². The van der Waals surface area contributed by atoms with Crippen LogP contribution in [0.15, 0.2) is 28.7 Å². The number of hydrogen-bond donors (Lipinski definition) is 1. The zero-order valence-electron chi connectivity index (χ0n) is 8.29. The number of rotatable bonds is 0. The van der Waals surface area contributed by atoms with Crippen molar-refractivity contribution in [1.82, 2.24) is 0 Å². The number of fused-ring (bicyclic) bond motifs is 1. The van der Waals surface area contributed by atoms with Crippen LogP contribution in [0.1, 0.15) is 19.6 Å². The van der Waals surface area contributed by atoms with Gasteiger partial charge in [0.1, 0.15) is 11.3 Å². The molecule has 0 aliphatic heterocycles. The second kappa shape index (κ2) is 3.99. The van der Waals surface area contributed by atoms with Crippen LogP contribution in [-0.2, 0) is 0 Å². The average molecular weight is 177 g/mol. The van der Waals surface area contributed by atoms with Crippen LogP contribution in [0, 0.1) is 6.92 Å². The van der Waals surface area contributed by atoms with Gasteiger partial charge in [-0.1, -0.05) is 13.8 Å². The second-order valence-corrected chi connectivity index (χ2v) is 2.65. The molecule has 2 nitrogen and oxygen atoms in total. The monoisotopic (exact) mass is 177 g/mol. The van der Waals surface area contributed by atoms with Crippen LogP contribution in [0.4, 0.5) is 5.69 Å². The summed E-state index contributed by atoms with van der Waals surface area (Å²) >= 11 is 0. The molecule has 0 bridgehead atoms. The summed E-state index contributed by atoms with van der Waals surface area (Å²) in [5, 5.41) is 1.11. The highest BCUT2D eigenvalue weighted by molar-refractivity contribution is 5.80. The Hall–Kier alpha value is -1.44. The highest BCUT2D eigenvalue weighted by Crippen LogP contribution is 2.20. The summed E-state index contributed by atoms with van der Waals surface area (Å²) in [6.07, 6.45) is 0. The lowest BCUT2D eigenvalue weighted by Gasteiger charge is -1.89. The summed E-state index contributed by atoms with van der Waals surface area (Å²) in [6.45, 7) is 5.93. The molecule has 13 heavy (non-hydrogen) atoms. The molecule has 0 aliphatic carbocycles. The predicted molar refractivity (Wildman–Crippen MR) is 56.7 cm³/mol. The van der Waals surface area contributed by atoms with E-state index in [2.05, 4.69) is 0 Å². The summed E-state index contributed by atoms with van der Waals surface area (Å²) in [5.41, 5.74) is 7.18. The molecule has 0 spiro atoms. The minimum absolute atomic E-state index is 0.742. The number of hydrogen-bond acceptors (Lipinski definition) is 2. The maximum absolute atomic E-state index is 5.57. The van der Waals surface area contributed by atoms with Crippen molar-refractivity contribution < 1.29 is 4.42 Å². The fraction of sp³-hybridized carbons (Fsp3) is 0.273. The van der Waals surface area contributed by atoms with Crippen LogP contribution in [0.2, 0.25) is 0 Å². The fourth-order valence-electron chi connectivity index (χ4n) is 1.18. The van der Waals surface area contributed by atoms with Gasteiger partial charge in [0.05, 0.1) is 0 Å². The lowest BCUT2D eigenvalue weighted by Crippen LogP contribution is -1.80. The van der Waals surface area contributed by atoms with Crippen LogP contribution in [0.3, 0.4) is 0 Å². The van der Waals surface area contributed by atoms with E-state index in [1.807, 2.05) is 45.0 Å². The van der Waals surface area contributed by atoms with Crippen molar-refractivity contribution in [2.75, 3.05) is 5.73 Å². The van der Waals surface area contributed by atoms with Gasteiger partial charge in [0.2, 0.25) is 0 Å². The first-order valence-electron chi connectivity index (χ1n) is 4.51. The molecule has 0 radical (unpaired) electrons. The topological polar surface area (TPSA) is 39.2 Å². The molecule has 0 aliphatic rings. The first-order valence-corrected chi connectivity index (χ1v) is 4.51. The molecule has 0 unspecified atom stereocenters. The van der Waals surface area contributed by atoms with Gasteiger partial charge >= 0.3 is 0 Å². The van der Waals surface area contributed by atoms with Crippen LogP contribution >= 0.6 is 0 Å². The van der Waals surface area contributed by atoms with Crippen molar-refractivity contribution >= 4 is 16.7 Å². The molecule has 2 heteroatoms. The number of nitrogens with two attached hydrogens (primary N) is 1. The molecular formula is C11H15NO. The van der Waals surface area contributed by atoms with Gasteiger partial charge in [-0.25, -0.2) is 0 Å². The maximum Gasteiger partial charge on any atom is 0.136 e. The summed E-state index contributed by atoms with van der Waals surface area (Å²) in [5.74, 6) is 0.922. The third kappa shape index (κ3) is 2.02. The molecule has 2 rings (SSSR count). The number of anilines is 1. The standard InChI is InChI=1S/C9H9NO.C2H6/c1-6-4-7-2-3-8(10)5-9(7)11-6;1-2/h2-5H,10H2,1H3;1-2H3. The summed E-state index contributed by atoms with van der Waals surface area (Å²) in [4.78, 5) is 0. The van der Waals surface area contributed by atoms with Crippen molar-refractivity contribution in [3.63, 3.8) is 0 Å². The minimum Gasteiger partial charge on any atom is -0.461 e. The molecule has 0 saturated heterocycles. The molecule has 1 aromatic heterocycles. The van der Waals surface area contributed by atoms with Gasteiger partial charge in [0.25, 0.3) is 0 Å². The third-order valence-corrected chi connectivity index (χ3v) is 1.67. The smallest absolute Gasteiger partial charge is 0.136 e. The number of benzene rings is 1. The van der Waals surface area contributed by atoms with Gasteiger partial charge < -0.3 is 10.2 Å². The van der Waals surface area contributed by atoms with Crippen molar-refractivity contribution in [2.24, 2.45) is 0 Å². The van der Waals surface area contributed by atoms with Gasteiger partial charge in [-0.2, -0.15) is 0 Å². The number of furan rings is 1. The second-order valence-electron chi connectivity index (χ2n) is 2.65. The van der Waals surface area contributed by atoms with E-state index in [0.29, 0.717) is 0 Å². The molecule has 0 amide bonds. The first kappa shape index (κ1) is 9.65. The summed E-state index contributed by atoms with van der Waals surface area (Å²) in [6, 6.07) is 7.66. The highest BCUT2D eigenvalue weighted by Gasteiger charge is 1.98. The van der Waals surface area contributed by atoms with E-state index >= 15 is 0 Å². The Balaban J connectivity index is 0.000000396. The molecule has 1 aromatic carbocycles. The zero-order chi connectivity index (χ0) is 9.84. The van der Waals surface area contributed by atoms with E-state index in [9.17, 15) is 0 Å². The molecule has 1 heterocycles. The quantitative estimate of drug-likeness (QED) is 0.627. The minimum atomic E-state index is 0.742. The average Bonchev–Trinajstić information content (AvgIpc) is 2.48. The van der Waals surface area contributed by atoms with E-state index in [-0.39, 0.29) is 0 Å². The highest BCUT2D eigenvalue weighted by atomic mass is 16.3. The van der Waals surface area contributed by atoms with E-state index < -0.39 is 0 Å². The van der Waals surface area contributed by atoms with Gasteiger partial charge in [0.15, 0.2) is 0 Å². The van der Waals surface area contributed by atoms with E-state index in [4.69, 9.17) is 10.2 Å². The molecular weight excluding hydrogens is 162 g/mol. The molecule has 0 atom stereocenters. The lowest BCUT2D eigenvalue weighted by atomic mass is 10.2. The van der Waals surface area contributed by atoms with E-state index in [0.717, 1.165) is 22.4 Å². The van der Waals surface area contributed by atoms with Crippen molar-refractivity contribution in [3.05, 3.63) is 30.0 Å². The largest absolute Gasteiger partial charge is 0.461 e. The molecule has 0 saturated carbocycles. The summed E-state index contributed by atoms with van der Waals surface area (Å²) < 4.78 is 5.37. The Morgan fingerprint density at radius 1 is 1.15 bits per heavy atom. The Bertz CT molecular complexity index is 390. The lowest BCUT2D eigenvalue weighted by molar-refractivity contribution is 0.579. The molecule has 0 fully saturated rings.